The van der Waals surface area contributed by atoms with Crippen LogP contribution in [0.1, 0.15) is 23.3 Å². The van der Waals surface area contributed by atoms with E-state index in [1.54, 1.807) is 24.3 Å². The number of carboxylic acids is 1. The lowest BCUT2D eigenvalue weighted by Crippen LogP contribution is -2.18. The first-order valence-corrected chi connectivity index (χ1v) is 9.55. The zero-order chi connectivity index (χ0) is 18.0. The standard InChI is InChI=1S/C16H17N3O5S/c20-15(9-11-6-8-25(23,24)10-11)17-12-3-1-2-4-14(12)19-7-5-13(18-19)16(21)22/h1-5,7,11H,6,8-10H2,(H,17,20)(H,21,22). The Morgan fingerprint density at radius 1 is 1.28 bits per heavy atom. The normalized spacial score (nSPS) is 18.8. The number of aromatic nitrogens is 2. The summed E-state index contributed by atoms with van der Waals surface area (Å²) in [5.74, 6) is -1.40. The number of nitrogens with one attached hydrogen (secondary N) is 1. The third kappa shape index (κ3) is 4.05. The summed E-state index contributed by atoms with van der Waals surface area (Å²) in [5.41, 5.74) is 0.910. The third-order valence-corrected chi connectivity index (χ3v) is 5.87. The lowest BCUT2D eigenvalue weighted by molar-refractivity contribution is -0.116. The predicted molar refractivity (Wildman–Crippen MR) is 90.5 cm³/mol. The van der Waals surface area contributed by atoms with Crippen molar-refractivity contribution >= 4 is 27.4 Å². The fourth-order valence-electron chi connectivity index (χ4n) is 2.85. The van der Waals surface area contributed by atoms with Crippen molar-refractivity contribution in [3.05, 3.63) is 42.2 Å². The first-order valence-electron chi connectivity index (χ1n) is 7.73. The first kappa shape index (κ1) is 17.2. The second kappa shape index (κ2) is 6.67. The molecule has 9 heteroatoms. The van der Waals surface area contributed by atoms with Gasteiger partial charge in [0.05, 0.1) is 22.9 Å². The van der Waals surface area contributed by atoms with Crippen LogP contribution in [0.2, 0.25) is 0 Å². The Hall–Kier alpha value is -2.68. The molecule has 1 unspecified atom stereocenters. The van der Waals surface area contributed by atoms with Gasteiger partial charge in [-0.05, 0) is 30.5 Å². The number of anilines is 1. The van der Waals surface area contributed by atoms with Crippen molar-refractivity contribution < 1.29 is 23.1 Å². The van der Waals surface area contributed by atoms with E-state index >= 15 is 0 Å². The average Bonchev–Trinajstić information content (AvgIpc) is 3.14. The molecule has 132 valence electrons. The highest BCUT2D eigenvalue weighted by Gasteiger charge is 2.29. The molecular weight excluding hydrogens is 346 g/mol. The van der Waals surface area contributed by atoms with Crippen LogP contribution >= 0.6 is 0 Å². The molecule has 1 saturated heterocycles. The summed E-state index contributed by atoms with van der Waals surface area (Å²) in [6, 6.07) is 8.23. The maximum absolute atomic E-state index is 12.2. The Balaban J connectivity index is 1.74. The van der Waals surface area contributed by atoms with Crippen molar-refractivity contribution in [1.29, 1.82) is 0 Å². The van der Waals surface area contributed by atoms with Crippen LogP contribution in [0.4, 0.5) is 5.69 Å². The van der Waals surface area contributed by atoms with Crippen LogP contribution in [0.5, 0.6) is 0 Å². The third-order valence-electron chi connectivity index (χ3n) is 4.03. The summed E-state index contributed by atoms with van der Waals surface area (Å²) in [4.78, 5) is 23.2. The minimum atomic E-state index is -3.02. The minimum Gasteiger partial charge on any atom is -0.476 e. The summed E-state index contributed by atoms with van der Waals surface area (Å²) in [6.07, 6.45) is 2.13. The van der Waals surface area contributed by atoms with Crippen LogP contribution in [0.3, 0.4) is 0 Å². The first-order chi connectivity index (χ1) is 11.8. The lowest BCUT2D eigenvalue weighted by atomic mass is 10.0. The van der Waals surface area contributed by atoms with Crippen LogP contribution in [0.25, 0.3) is 5.69 Å². The van der Waals surface area contributed by atoms with Gasteiger partial charge in [0, 0.05) is 12.6 Å². The van der Waals surface area contributed by atoms with E-state index in [0.29, 0.717) is 17.8 Å². The maximum Gasteiger partial charge on any atom is 0.356 e. The van der Waals surface area contributed by atoms with E-state index in [-0.39, 0.29) is 35.4 Å². The summed E-state index contributed by atoms with van der Waals surface area (Å²) >= 11 is 0. The minimum absolute atomic E-state index is 0.0448. The molecule has 2 heterocycles. The largest absolute Gasteiger partial charge is 0.476 e. The van der Waals surface area contributed by atoms with E-state index in [2.05, 4.69) is 10.4 Å². The molecule has 1 aromatic carbocycles. The maximum atomic E-state index is 12.2. The molecule has 1 aliphatic rings. The van der Waals surface area contributed by atoms with Crippen LogP contribution in [-0.4, -0.2) is 46.7 Å². The molecule has 0 aliphatic carbocycles. The second-order valence-corrected chi connectivity index (χ2v) is 8.22. The van der Waals surface area contributed by atoms with Gasteiger partial charge in [-0.15, -0.1) is 0 Å². The van der Waals surface area contributed by atoms with Gasteiger partial charge >= 0.3 is 5.97 Å². The SMILES string of the molecule is O=C(CC1CCS(=O)(=O)C1)Nc1ccccc1-n1ccc(C(=O)O)n1. The fraction of sp³-hybridized carbons (Fsp3) is 0.312. The Bertz CT molecular complexity index is 919. The van der Waals surface area contributed by atoms with Gasteiger partial charge in [-0.1, -0.05) is 12.1 Å². The van der Waals surface area contributed by atoms with Gasteiger partial charge < -0.3 is 10.4 Å². The van der Waals surface area contributed by atoms with Crippen LogP contribution in [-0.2, 0) is 14.6 Å². The van der Waals surface area contributed by atoms with Crippen molar-refractivity contribution in [3.8, 4) is 5.69 Å². The van der Waals surface area contributed by atoms with Gasteiger partial charge in [0.25, 0.3) is 0 Å². The summed E-state index contributed by atoms with van der Waals surface area (Å²) in [7, 11) is -3.02. The smallest absolute Gasteiger partial charge is 0.356 e. The molecule has 1 aliphatic heterocycles. The number of sulfone groups is 1. The van der Waals surface area contributed by atoms with Crippen molar-refractivity contribution in [2.24, 2.45) is 5.92 Å². The Labute approximate surface area is 144 Å². The average molecular weight is 363 g/mol. The summed E-state index contributed by atoms with van der Waals surface area (Å²) < 4.78 is 24.3. The monoisotopic (exact) mass is 363 g/mol. The molecule has 2 N–H and O–H groups in total. The van der Waals surface area contributed by atoms with Crippen molar-refractivity contribution in [1.82, 2.24) is 9.78 Å². The Morgan fingerprint density at radius 2 is 2.04 bits per heavy atom. The van der Waals surface area contributed by atoms with Gasteiger partial charge in [0.15, 0.2) is 15.5 Å². The van der Waals surface area contributed by atoms with E-state index in [1.165, 1.54) is 16.9 Å². The van der Waals surface area contributed by atoms with Gasteiger partial charge in [-0.2, -0.15) is 5.10 Å². The number of nitrogens with zero attached hydrogens (tertiary/aromatic N) is 2. The molecule has 1 atom stereocenters. The van der Waals surface area contributed by atoms with E-state index in [0.717, 1.165) is 0 Å². The topological polar surface area (TPSA) is 118 Å². The summed E-state index contributed by atoms with van der Waals surface area (Å²) in [6.45, 7) is 0. The van der Waals surface area contributed by atoms with Crippen LogP contribution in [0.15, 0.2) is 36.5 Å². The zero-order valence-electron chi connectivity index (χ0n) is 13.3. The number of benzene rings is 1. The molecule has 0 spiro atoms. The van der Waals surface area contributed by atoms with Gasteiger partial charge in [0.2, 0.25) is 5.91 Å². The number of para-hydroxylation sites is 2. The molecule has 25 heavy (non-hydrogen) atoms. The van der Waals surface area contributed by atoms with Crippen LogP contribution in [0, 0.1) is 5.92 Å². The summed E-state index contributed by atoms with van der Waals surface area (Å²) in [5, 5.41) is 15.7. The molecule has 0 bridgehead atoms. The number of hydrogen-bond acceptors (Lipinski definition) is 5. The van der Waals surface area contributed by atoms with E-state index in [1.807, 2.05) is 0 Å². The molecule has 3 rings (SSSR count). The van der Waals surface area contributed by atoms with Crippen molar-refractivity contribution in [3.63, 3.8) is 0 Å². The highest BCUT2D eigenvalue weighted by atomic mass is 32.2. The quantitative estimate of drug-likeness (QED) is 0.827. The number of carbonyl (C=O) groups is 2. The second-order valence-electron chi connectivity index (χ2n) is 5.99. The number of amides is 1. The van der Waals surface area contributed by atoms with Crippen molar-refractivity contribution in [2.75, 3.05) is 16.8 Å². The van der Waals surface area contributed by atoms with Crippen molar-refractivity contribution in [2.45, 2.75) is 12.8 Å². The number of carboxylic acid groups (broad SMARTS) is 1. The molecule has 1 fully saturated rings. The Kier molecular flexibility index (Phi) is 4.58. The Morgan fingerprint density at radius 3 is 2.68 bits per heavy atom. The number of aromatic carboxylic acids is 1. The zero-order valence-corrected chi connectivity index (χ0v) is 14.1. The van der Waals surface area contributed by atoms with Gasteiger partial charge in [0.1, 0.15) is 0 Å². The van der Waals surface area contributed by atoms with E-state index in [9.17, 15) is 18.0 Å². The fourth-order valence-corrected chi connectivity index (χ4v) is 4.71. The highest BCUT2D eigenvalue weighted by Crippen LogP contribution is 2.24. The number of carbonyl (C=O) groups excluding carboxylic acids is 1. The van der Waals surface area contributed by atoms with E-state index in [4.69, 9.17) is 5.11 Å². The molecule has 0 radical (unpaired) electrons. The molecule has 2 aromatic rings. The van der Waals surface area contributed by atoms with Crippen LogP contribution < -0.4 is 5.32 Å². The molecular formula is C16H17N3O5S. The number of hydrogen-bond donors (Lipinski definition) is 2. The number of rotatable bonds is 5. The lowest BCUT2D eigenvalue weighted by Gasteiger charge is -2.12. The predicted octanol–water partition coefficient (Wildman–Crippen LogP) is 1.33. The van der Waals surface area contributed by atoms with Gasteiger partial charge in [-0.25, -0.2) is 17.9 Å². The molecule has 1 amide bonds. The highest BCUT2D eigenvalue weighted by molar-refractivity contribution is 7.91. The molecule has 1 aromatic heterocycles. The molecule has 0 saturated carbocycles. The van der Waals surface area contributed by atoms with E-state index < -0.39 is 15.8 Å². The van der Waals surface area contributed by atoms with Gasteiger partial charge in [-0.3, -0.25) is 4.79 Å². The molecule has 8 nitrogen and oxygen atoms in total.